The van der Waals surface area contributed by atoms with Gasteiger partial charge in [-0.3, -0.25) is 0 Å². The van der Waals surface area contributed by atoms with E-state index < -0.39 is 0 Å². The molecule has 1 aromatic carbocycles. The topological polar surface area (TPSA) is 25.2 Å². The fourth-order valence-electron chi connectivity index (χ4n) is 1.76. The molecule has 0 aliphatic rings. The third kappa shape index (κ3) is 2.83. The van der Waals surface area contributed by atoms with Gasteiger partial charge in [-0.1, -0.05) is 36.2 Å². The van der Waals surface area contributed by atoms with E-state index in [0.29, 0.717) is 10.0 Å². The molecule has 90 valence electrons. The Hall–Kier alpha value is -0.960. The molecule has 0 saturated carbocycles. The average Bonchev–Trinajstić information content (AvgIpc) is 2.83. The van der Waals surface area contributed by atoms with Crippen molar-refractivity contribution in [1.82, 2.24) is 5.32 Å². The van der Waals surface area contributed by atoms with Crippen LogP contribution in [0.15, 0.2) is 41.2 Å². The van der Waals surface area contributed by atoms with Crippen molar-refractivity contribution in [3.05, 3.63) is 58.0 Å². The molecular weight excluding hydrogens is 257 g/mol. The standard InChI is InChI=1S/C13H13Cl2NO/c1-2-16-13(10-5-6-17-8-10)9-3-4-11(14)12(15)7-9/h3-8,13,16H,2H2,1H3. The summed E-state index contributed by atoms with van der Waals surface area (Å²) < 4.78 is 5.12. The largest absolute Gasteiger partial charge is 0.472 e. The number of benzene rings is 1. The Kier molecular flexibility index (Phi) is 4.11. The predicted molar refractivity (Wildman–Crippen MR) is 70.7 cm³/mol. The minimum atomic E-state index is 0.0773. The summed E-state index contributed by atoms with van der Waals surface area (Å²) in [5.74, 6) is 0. The molecule has 2 aromatic rings. The van der Waals surface area contributed by atoms with E-state index in [-0.39, 0.29) is 6.04 Å². The van der Waals surface area contributed by atoms with E-state index in [1.807, 2.05) is 24.3 Å². The van der Waals surface area contributed by atoms with E-state index in [9.17, 15) is 0 Å². The van der Waals surface area contributed by atoms with Crippen molar-refractivity contribution in [2.45, 2.75) is 13.0 Å². The first-order valence-corrected chi connectivity index (χ1v) is 6.18. The minimum absolute atomic E-state index is 0.0773. The number of nitrogens with one attached hydrogen (secondary N) is 1. The lowest BCUT2D eigenvalue weighted by Crippen LogP contribution is -2.21. The third-order valence-corrected chi connectivity index (χ3v) is 3.30. The highest BCUT2D eigenvalue weighted by atomic mass is 35.5. The van der Waals surface area contributed by atoms with Gasteiger partial charge in [0.25, 0.3) is 0 Å². The van der Waals surface area contributed by atoms with Gasteiger partial charge < -0.3 is 9.73 Å². The second kappa shape index (κ2) is 5.58. The molecule has 0 aliphatic heterocycles. The zero-order valence-corrected chi connectivity index (χ0v) is 10.9. The molecule has 1 atom stereocenters. The first-order chi connectivity index (χ1) is 8.22. The highest BCUT2D eigenvalue weighted by molar-refractivity contribution is 6.42. The van der Waals surface area contributed by atoms with Gasteiger partial charge in [-0.05, 0) is 30.3 Å². The number of furan rings is 1. The Morgan fingerprint density at radius 3 is 2.59 bits per heavy atom. The van der Waals surface area contributed by atoms with Crippen molar-refractivity contribution < 1.29 is 4.42 Å². The Balaban J connectivity index is 2.35. The van der Waals surface area contributed by atoms with Crippen LogP contribution in [0.5, 0.6) is 0 Å². The van der Waals surface area contributed by atoms with Gasteiger partial charge in [0, 0.05) is 5.56 Å². The van der Waals surface area contributed by atoms with Gasteiger partial charge in [0.1, 0.15) is 0 Å². The number of hydrogen-bond donors (Lipinski definition) is 1. The van der Waals surface area contributed by atoms with Crippen molar-refractivity contribution in [3.8, 4) is 0 Å². The monoisotopic (exact) mass is 269 g/mol. The smallest absolute Gasteiger partial charge is 0.0953 e. The molecule has 0 spiro atoms. The molecule has 1 aromatic heterocycles. The summed E-state index contributed by atoms with van der Waals surface area (Å²) in [5.41, 5.74) is 2.15. The summed E-state index contributed by atoms with van der Waals surface area (Å²) in [4.78, 5) is 0. The first-order valence-electron chi connectivity index (χ1n) is 5.42. The fourth-order valence-corrected chi connectivity index (χ4v) is 2.07. The molecule has 2 nitrogen and oxygen atoms in total. The summed E-state index contributed by atoms with van der Waals surface area (Å²) in [6.45, 7) is 2.92. The second-order valence-corrected chi connectivity index (χ2v) is 4.54. The van der Waals surface area contributed by atoms with Crippen LogP contribution in [0.1, 0.15) is 24.1 Å². The molecule has 0 aliphatic carbocycles. The Bertz CT molecular complexity index is 482. The third-order valence-electron chi connectivity index (χ3n) is 2.56. The molecule has 0 bridgehead atoms. The fraction of sp³-hybridized carbons (Fsp3) is 0.231. The molecule has 17 heavy (non-hydrogen) atoms. The van der Waals surface area contributed by atoms with Crippen LogP contribution in [0.2, 0.25) is 10.0 Å². The van der Waals surface area contributed by atoms with Crippen molar-refractivity contribution in [2.24, 2.45) is 0 Å². The van der Waals surface area contributed by atoms with Gasteiger partial charge in [0.15, 0.2) is 0 Å². The van der Waals surface area contributed by atoms with Crippen molar-refractivity contribution in [2.75, 3.05) is 6.54 Å². The van der Waals surface area contributed by atoms with E-state index in [0.717, 1.165) is 17.7 Å². The van der Waals surface area contributed by atoms with Gasteiger partial charge in [-0.2, -0.15) is 0 Å². The lowest BCUT2D eigenvalue weighted by molar-refractivity contribution is 0.553. The summed E-state index contributed by atoms with van der Waals surface area (Å²) in [5, 5.41) is 4.52. The molecule has 4 heteroatoms. The lowest BCUT2D eigenvalue weighted by Gasteiger charge is -2.17. The Morgan fingerprint density at radius 1 is 1.18 bits per heavy atom. The van der Waals surface area contributed by atoms with E-state index >= 15 is 0 Å². The molecule has 1 unspecified atom stereocenters. The first kappa shape index (κ1) is 12.5. The minimum Gasteiger partial charge on any atom is -0.472 e. The Labute approximate surface area is 111 Å². The second-order valence-electron chi connectivity index (χ2n) is 3.72. The molecule has 0 saturated heterocycles. The van der Waals surface area contributed by atoms with Gasteiger partial charge in [0.05, 0.1) is 28.6 Å². The highest BCUT2D eigenvalue weighted by Crippen LogP contribution is 2.28. The summed E-state index contributed by atoms with van der Waals surface area (Å²) in [6.07, 6.45) is 3.40. The summed E-state index contributed by atoms with van der Waals surface area (Å²) in [6, 6.07) is 7.67. The maximum Gasteiger partial charge on any atom is 0.0953 e. The molecule has 0 radical (unpaired) electrons. The molecule has 1 N–H and O–H groups in total. The van der Waals surface area contributed by atoms with E-state index in [1.165, 1.54) is 0 Å². The highest BCUT2D eigenvalue weighted by Gasteiger charge is 2.15. The van der Waals surface area contributed by atoms with Gasteiger partial charge in [-0.25, -0.2) is 0 Å². The van der Waals surface area contributed by atoms with Crippen LogP contribution in [0, 0.1) is 0 Å². The number of rotatable bonds is 4. The van der Waals surface area contributed by atoms with Crippen molar-refractivity contribution >= 4 is 23.2 Å². The van der Waals surface area contributed by atoms with Crippen LogP contribution in [0.4, 0.5) is 0 Å². The SMILES string of the molecule is CCNC(c1ccoc1)c1ccc(Cl)c(Cl)c1. The predicted octanol–water partition coefficient (Wildman–Crippen LogP) is 4.29. The number of halogens is 2. The molecule has 1 heterocycles. The van der Waals surface area contributed by atoms with E-state index in [4.69, 9.17) is 27.6 Å². The van der Waals surface area contributed by atoms with Crippen LogP contribution < -0.4 is 5.32 Å². The number of hydrogen-bond acceptors (Lipinski definition) is 2. The van der Waals surface area contributed by atoms with E-state index in [2.05, 4.69) is 12.2 Å². The molecule has 0 fully saturated rings. The zero-order chi connectivity index (χ0) is 12.3. The van der Waals surface area contributed by atoms with Gasteiger partial charge >= 0.3 is 0 Å². The maximum absolute atomic E-state index is 6.04. The average molecular weight is 270 g/mol. The summed E-state index contributed by atoms with van der Waals surface area (Å²) >= 11 is 12.0. The molecular formula is C13H13Cl2NO. The van der Waals surface area contributed by atoms with Crippen LogP contribution >= 0.6 is 23.2 Å². The zero-order valence-electron chi connectivity index (χ0n) is 9.41. The quantitative estimate of drug-likeness (QED) is 0.896. The van der Waals surface area contributed by atoms with Crippen LogP contribution in [0.3, 0.4) is 0 Å². The Morgan fingerprint density at radius 2 is 2.00 bits per heavy atom. The van der Waals surface area contributed by atoms with Crippen molar-refractivity contribution in [3.63, 3.8) is 0 Å². The maximum atomic E-state index is 6.04. The van der Waals surface area contributed by atoms with Gasteiger partial charge in [0.2, 0.25) is 0 Å². The van der Waals surface area contributed by atoms with Crippen LogP contribution in [-0.2, 0) is 0 Å². The summed E-state index contributed by atoms with van der Waals surface area (Å²) in [7, 11) is 0. The molecule has 2 rings (SSSR count). The lowest BCUT2D eigenvalue weighted by atomic mass is 10.0. The van der Waals surface area contributed by atoms with Gasteiger partial charge in [-0.15, -0.1) is 0 Å². The normalized spacial score (nSPS) is 12.6. The van der Waals surface area contributed by atoms with Crippen LogP contribution in [0.25, 0.3) is 0 Å². The van der Waals surface area contributed by atoms with E-state index in [1.54, 1.807) is 12.5 Å². The van der Waals surface area contributed by atoms with Crippen LogP contribution in [-0.4, -0.2) is 6.54 Å². The molecule has 0 amide bonds. The van der Waals surface area contributed by atoms with Crippen molar-refractivity contribution in [1.29, 1.82) is 0 Å².